The lowest BCUT2D eigenvalue weighted by molar-refractivity contribution is 0.448. The number of unbranched alkanes of at least 4 members (excludes halogenated alkanes) is 8. The van der Waals surface area contributed by atoms with E-state index in [1.165, 1.54) is 86.9 Å². The molecule has 122 valence electrons. The fourth-order valence-electron chi connectivity index (χ4n) is 3.02. The highest BCUT2D eigenvalue weighted by atomic mass is 16.3. The Balaban J connectivity index is 2.14. The molecule has 0 unspecified atom stereocenters. The number of rotatable bonds is 12. The second-order valence-electron chi connectivity index (χ2n) is 6.53. The first-order valence-corrected chi connectivity index (χ1v) is 9.28. The minimum absolute atomic E-state index is 1.09. The summed E-state index contributed by atoms with van der Waals surface area (Å²) >= 11 is 0. The molecule has 0 radical (unpaired) electrons. The SMILES string of the molecule is CCCCCCCCCCCc1oc(CCC)c(C)c1C. The predicted octanol–water partition coefficient (Wildman–Crippen LogP) is 6.92. The monoisotopic (exact) mass is 292 g/mol. The van der Waals surface area contributed by atoms with Crippen molar-refractivity contribution in [1.29, 1.82) is 0 Å². The van der Waals surface area contributed by atoms with Crippen molar-refractivity contribution in [3.8, 4) is 0 Å². The van der Waals surface area contributed by atoms with Gasteiger partial charge in [0.2, 0.25) is 0 Å². The summed E-state index contributed by atoms with van der Waals surface area (Å²) < 4.78 is 6.06. The second kappa shape index (κ2) is 10.9. The predicted molar refractivity (Wildman–Crippen MR) is 93.1 cm³/mol. The Bertz CT molecular complexity index is 375. The van der Waals surface area contributed by atoms with Crippen LogP contribution in [0.2, 0.25) is 0 Å². The fraction of sp³-hybridized carbons (Fsp3) is 0.800. The molecule has 1 heterocycles. The van der Waals surface area contributed by atoms with Gasteiger partial charge in [-0.05, 0) is 37.8 Å². The van der Waals surface area contributed by atoms with Gasteiger partial charge in [-0.15, -0.1) is 0 Å². The lowest BCUT2D eigenvalue weighted by Crippen LogP contribution is -1.87. The van der Waals surface area contributed by atoms with Crippen molar-refractivity contribution in [2.75, 3.05) is 0 Å². The number of hydrogen-bond donors (Lipinski definition) is 0. The summed E-state index contributed by atoms with van der Waals surface area (Å²) in [7, 11) is 0. The molecule has 0 bridgehead atoms. The average molecular weight is 293 g/mol. The van der Waals surface area contributed by atoms with Crippen LogP contribution in [0.4, 0.5) is 0 Å². The molecule has 1 nitrogen and oxygen atoms in total. The molecular formula is C20H36O. The molecular weight excluding hydrogens is 256 g/mol. The smallest absolute Gasteiger partial charge is 0.107 e. The van der Waals surface area contributed by atoms with E-state index in [4.69, 9.17) is 4.42 Å². The largest absolute Gasteiger partial charge is 0.466 e. The normalized spacial score (nSPS) is 11.2. The fourth-order valence-corrected chi connectivity index (χ4v) is 3.02. The topological polar surface area (TPSA) is 13.1 Å². The lowest BCUT2D eigenvalue weighted by Gasteiger charge is -2.02. The molecule has 0 fully saturated rings. The highest BCUT2D eigenvalue weighted by Crippen LogP contribution is 2.24. The van der Waals surface area contributed by atoms with Crippen LogP contribution in [-0.2, 0) is 12.8 Å². The van der Waals surface area contributed by atoms with E-state index in [-0.39, 0.29) is 0 Å². The summed E-state index contributed by atoms with van der Waals surface area (Å²) in [6.45, 7) is 8.94. The zero-order valence-electron chi connectivity index (χ0n) is 14.9. The van der Waals surface area contributed by atoms with Gasteiger partial charge in [0.25, 0.3) is 0 Å². The van der Waals surface area contributed by atoms with E-state index in [9.17, 15) is 0 Å². The minimum atomic E-state index is 1.09. The van der Waals surface area contributed by atoms with Gasteiger partial charge in [-0.2, -0.15) is 0 Å². The van der Waals surface area contributed by atoms with E-state index in [0.717, 1.165) is 12.8 Å². The van der Waals surface area contributed by atoms with Gasteiger partial charge >= 0.3 is 0 Å². The molecule has 1 heteroatoms. The first kappa shape index (κ1) is 18.3. The first-order chi connectivity index (χ1) is 10.2. The summed E-state index contributed by atoms with van der Waals surface area (Å²) in [6, 6.07) is 0. The zero-order chi connectivity index (χ0) is 15.5. The quantitative estimate of drug-likeness (QED) is 0.381. The molecule has 0 amide bonds. The van der Waals surface area contributed by atoms with Gasteiger partial charge in [0, 0.05) is 12.8 Å². The molecule has 0 atom stereocenters. The van der Waals surface area contributed by atoms with Gasteiger partial charge in [-0.1, -0.05) is 65.2 Å². The van der Waals surface area contributed by atoms with Crippen molar-refractivity contribution in [1.82, 2.24) is 0 Å². The molecule has 0 N–H and O–H groups in total. The van der Waals surface area contributed by atoms with Gasteiger partial charge in [-0.3, -0.25) is 0 Å². The van der Waals surface area contributed by atoms with Crippen LogP contribution in [-0.4, -0.2) is 0 Å². The summed E-state index contributed by atoms with van der Waals surface area (Å²) in [6.07, 6.45) is 15.9. The first-order valence-electron chi connectivity index (χ1n) is 9.28. The maximum absolute atomic E-state index is 6.06. The summed E-state index contributed by atoms with van der Waals surface area (Å²) in [5.74, 6) is 2.47. The van der Waals surface area contributed by atoms with E-state index in [0.29, 0.717) is 0 Å². The third-order valence-corrected chi connectivity index (χ3v) is 4.63. The van der Waals surface area contributed by atoms with Crippen molar-refractivity contribution in [3.05, 3.63) is 22.6 Å². The molecule has 1 rings (SSSR count). The molecule has 0 aliphatic carbocycles. The number of aryl methyl sites for hydroxylation is 2. The molecule has 0 saturated heterocycles. The number of hydrogen-bond acceptors (Lipinski definition) is 1. The van der Waals surface area contributed by atoms with Crippen LogP contribution in [0.5, 0.6) is 0 Å². The van der Waals surface area contributed by atoms with E-state index in [1.807, 2.05) is 0 Å². The molecule has 21 heavy (non-hydrogen) atoms. The molecule has 1 aromatic heterocycles. The van der Waals surface area contributed by atoms with E-state index in [1.54, 1.807) is 0 Å². The minimum Gasteiger partial charge on any atom is -0.466 e. The maximum Gasteiger partial charge on any atom is 0.107 e. The van der Waals surface area contributed by atoms with Crippen molar-refractivity contribution < 1.29 is 4.42 Å². The Morgan fingerprint density at radius 1 is 0.571 bits per heavy atom. The van der Waals surface area contributed by atoms with Crippen molar-refractivity contribution in [2.45, 2.75) is 105 Å². The van der Waals surface area contributed by atoms with Gasteiger partial charge < -0.3 is 4.42 Å². The Labute approximate surface area is 132 Å². The maximum atomic E-state index is 6.06. The Morgan fingerprint density at radius 2 is 1.05 bits per heavy atom. The van der Waals surface area contributed by atoms with Crippen molar-refractivity contribution in [3.63, 3.8) is 0 Å². The summed E-state index contributed by atoms with van der Waals surface area (Å²) in [5.41, 5.74) is 2.79. The molecule has 1 aromatic rings. The lowest BCUT2D eigenvalue weighted by atomic mass is 10.0. The van der Waals surface area contributed by atoms with Gasteiger partial charge in [0.15, 0.2) is 0 Å². The molecule has 0 spiro atoms. The molecule has 0 aliphatic rings. The third-order valence-electron chi connectivity index (χ3n) is 4.63. The third kappa shape index (κ3) is 6.72. The van der Waals surface area contributed by atoms with Crippen LogP contribution in [0.1, 0.15) is 101 Å². The highest BCUT2D eigenvalue weighted by Gasteiger charge is 2.12. The van der Waals surface area contributed by atoms with Gasteiger partial charge in [0.1, 0.15) is 11.5 Å². The van der Waals surface area contributed by atoms with E-state index < -0.39 is 0 Å². The standard InChI is InChI=1S/C20H36O/c1-5-7-8-9-10-11-12-13-14-16-20-18(4)17(3)19(21-20)15-6-2/h5-16H2,1-4H3. The van der Waals surface area contributed by atoms with Crippen molar-refractivity contribution >= 4 is 0 Å². The molecule has 0 aliphatic heterocycles. The average Bonchev–Trinajstić information content (AvgIpc) is 2.74. The van der Waals surface area contributed by atoms with Crippen LogP contribution in [0, 0.1) is 13.8 Å². The van der Waals surface area contributed by atoms with Crippen LogP contribution in [0.25, 0.3) is 0 Å². The molecule has 0 saturated carbocycles. The zero-order valence-corrected chi connectivity index (χ0v) is 14.9. The Kier molecular flexibility index (Phi) is 9.54. The van der Waals surface area contributed by atoms with Crippen LogP contribution in [0.15, 0.2) is 4.42 Å². The Hall–Kier alpha value is -0.720. The molecule has 0 aromatic carbocycles. The summed E-state index contributed by atoms with van der Waals surface area (Å²) in [5, 5.41) is 0. The van der Waals surface area contributed by atoms with E-state index in [2.05, 4.69) is 27.7 Å². The van der Waals surface area contributed by atoms with Crippen LogP contribution < -0.4 is 0 Å². The summed E-state index contributed by atoms with van der Waals surface area (Å²) in [4.78, 5) is 0. The second-order valence-corrected chi connectivity index (χ2v) is 6.53. The van der Waals surface area contributed by atoms with E-state index >= 15 is 0 Å². The van der Waals surface area contributed by atoms with Crippen LogP contribution in [0.3, 0.4) is 0 Å². The van der Waals surface area contributed by atoms with Gasteiger partial charge in [0.05, 0.1) is 0 Å². The van der Waals surface area contributed by atoms with Crippen molar-refractivity contribution in [2.24, 2.45) is 0 Å². The Morgan fingerprint density at radius 3 is 1.57 bits per heavy atom. The van der Waals surface area contributed by atoms with Crippen LogP contribution >= 0.6 is 0 Å². The van der Waals surface area contributed by atoms with Gasteiger partial charge in [-0.25, -0.2) is 0 Å². The highest BCUT2D eigenvalue weighted by molar-refractivity contribution is 5.31. The number of furan rings is 1.